The van der Waals surface area contributed by atoms with Crippen molar-refractivity contribution in [3.05, 3.63) is 45.1 Å². The molecule has 0 unspecified atom stereocenters. The number of methoxy groups -OCH3 is 1. The first-order valence-electron chi connectivity index (χ1n) is 7.30. The van der Waals surface area contributed by atoms with Gasteiger partial charge in [0.1, 0.15) is 15.5 Å². The van der Waals surface area contributed by atoms with E-state index in [1.807, 2.05) is 39.0 Å². The molecule has 1 aromatic carbocycles. The number of nitrogens with one attached hydrogen (secondary N) is 1. The highest BCUT2D eigenvalue weighted by molar-refractivity contribution is 7.20. The quantitative estimate of drug-likeness (QED) is 0.536. The van der Waals surface area contributed by atoms with E-state index in [1.54, 1.807) is 0 Å². The number of fused-ring (bicyclic) bond motifs is 1. The SMILES string of the molecule is COC(=O)c1sc2nc(Cl)nc(Nc3cc(C)ccc3C)c2c1C. The molecule has 0 amide bonds. The summed E-state index contributed by atoms with van der Waals surface area (Å²) in [6.45, 7) is 5.90. The highest BCUT2D eigenvalue weighted by atomic mass is 35.5. The van der Waals surface area contributed by atoms with Crippen LogP contribution in [0, 0.1) is 20.8 Å². The predicted octanol–water partition coefficient (Wildman–Crippen LogP) is 4.80. The predicted molar refractivity (Wildman–Crippen MR) is 97.7 cm³/mol. The van der Waals surface area contributed by atoms with Crippen LogP contribution >= 0.6 is 22.9 Å². The molecule has 0 aliphatic heterocycles. The summed E-state index contributed by atoms with van der Waals surface area (Å²) in [6, 6.07) is 6.13. The number of hydrogen-bond donors (Lipinski definition) is 1. The Balaban J connectivity index is 2.18. The fraction of sp³-hybridized carbons (Fsp3) is 0.235. The lowest BCUT2D eigenvalue weighted by molar-refractivity contribution is 0.0605. The molecule has 2 heterocycles. The number of nitrogens with zero attached hydrogens (tertiary/aromatic N) is 2. The molecule has 0 saturated carbocycles. The molecular weight excluding hydrogens is 346 g/mol. The normalized spacial score (nSPS) is 10.9. The second-order valence-electron chi connectivity index (χ2n) is 5.51. The van der Waals surface area contributed by atoms with Gasteiger partial charge in [0.25, 0.3) is 0 Å². The molecule has 0 bridgehead atoms. The second-order valence-corrected chi connectivity index (χ2v) is 6.85. The molecule has 3 rings (SSSR count). The number of carbonyl (C=O) groups excluding carboxylic acids is 1. The summed E-state index contributed by atoms with van der Waals surface area (Å²) in [7, 11) is 1.36. The van der Waals surface area contributed by atoms with Crippen LogP contribution in [0.1, 0.15) is 26.4 Å². The standard InChI is InChI=1S/C17H16ClN3O2S/c1-8-5-6-9(2)11(7-8)19-14-12-10(3)13(16(22)23-4)24-15(12)21-17(18)20-14/h5-7H,1-4H3,(H,19,20,21). The lowest BCUT2D eigenvalue weighted by Gasteiger charge is -2.11. The fourth-order valence-electron chi connectivity index (χ4n) is 2.49. The Morgan fingerprint density at radius 3 is 2.71 bits per heavy atom. The Kier molecular flexibility index (Phi) is 4.43. The van der Waals surface area contributed by atoms with Crippen LogP contribution in [0.3, 0.4) is 0 Å². The monoisotopic (exact) mass is 361 g/mol. The molecule has 2 aromatic heterocycles. The van der Waals surface area contributed by atoms with Crippen LogP contribution in [0.15, 0.2) is 18.2 Å². The Labute approximate surface area is 148 Å². The molecule has 124 valence electrons. The first-order chi connectivity index (χ1) is 11.4. The first-order valence-corrected chi connectivity index (χ1v) is 8.49. The fourth-order valence-corrected chi connectivity index (χ4v) is 3.81. The van der Waals surface area contributed by atoms with Crippen molar-refractivity contribution in [1.82, 2.24) is 9.97 Å². The molecule has 0 aliphatic carbocycles. The average molecular weight is 362 g/mol. The molecule has 5 nitrogen and oxygen atoms in total. The van der Waals surface area contributed by atoms with Crippen molar-refractivity contribution in [2.24, 2.45) is 0 Å². The Morgan fingerprint density at radius 1 is 1.25 bits per heavy atom. The second kappa shape index (κ2) is 6.37. The highest BCUT2D eigenvalue weighted by Crippen LogP contribution is 2.36. The van der Waals surface area contributed by atoms with Crippen molar-refractivity contribution in [3.8, 4) is 0 Å². The Hall–Kier alpha value is -2.18. The highest BCUT2D eigenvalue weighted by Gasteiger charge is 2.21. The number of halogens is 1. The topological polar surface area (TPSA) is 64.1 Å². The maximum absolute atomic E-state index is 11.9. The largest absolute Gasteiger partial charge is 0.465 e. The molecule has 7 heteroatoms. The minimum Gasteiger partial charge on any atom is -0.465 e. The van der Waals surface area contributed by atoms with E-state index < -0.39 is 0 Å². The van der Waals surface area contributed by atoms with Gasteiger partial charge >= 0.3 is 5.97 Å². The number of benzene rings is 1. The molecule has 0 radical (unpaired) electrons. The van der Waals surface area contributed by atoms with E-state index in [2.05, 4.69) is 15.3 Å². The van der Waals surface area contributed by atoms with E-state index in [0.29, 0.717) is 15.5 Å². The van der Waals surface area contributed by atoms with Gasteiger partial charge in [-0.15, -0.1) is 11.3 Å². The number of esters is 1. The number of anilines is 2. The van der Waals surface area contributed by atoms with Gasteiger partial charge in [0.05, 0.1) is 12.5 Å². The van der Waals surface area contributed by atoms with Crippen molar-refractivity contribution < 1.29 is 9.53 Å². The summed E-state index contributed by atoms with van der Waals surface area (Å²) in [4.78, 5) is 21.7. The van der Waals surface area contributed by atoms with Gasteiger partial charge in [0, 0.05) is 5.69 Å². The van der Waals surface area contributed by atoms with Crippen molar-refractivity contribution in [2.45, 2.75) is 20.8 Å². The Bertz CT molecular complexity index is 953. The lowest BCUT2D eigenvalue weighted by Crippen LogP contribution is -2.01. The molecule has 0 fully saturated rings. The zero-order valence-corrected chi connectivity index (χ0v) is 15.3. The Morgan fingerprint density at radius 2 is 2.00 bits per heavy atom. The van der Waals surface area contributed by atoms with Gasteiger partial charge < -0.3 is 10.1 Å². The van der Waals surface area contributed by atoms with Crippen LogP contribution in [-0.4, -0.2) is 23.0 Å². The molecule has 0 aliphatic rings. The number of hydrogen-bond acceptors (Lipinski definition) is 6. The van der Waals surface area contributed by atoms with Crippen LogP contribution < -0.4 is 5.32 Å². The van der Waals surface area contributed by atoms with Gasteiger partial charge in [0.15, 0.2) is 0 Å². The van der Waals surface area contributed by atoms with E-state index in [9.17, 15) is 4.79 Å². The molecule has 1 N–H and O–H groups in total. The summed E-state index contributed by atoms with van der Waals surface area (Å²) < 4.78 is 4.84. The summed E-state index contributed by atoms with van der Waals surface area (Å²) in [5, 5.41) is 4.24. The number of rotatable bonds is 3. The number of ether oxygens (including phenoxy) is 1. The lowest BCUT2D eigenvalue weighted by atomic mass is 10.1. The van der Waals surface area contributed by atoms with E-state index in [-0.39, 0.29) is 11.3 Å². The maximum atomic E-state index is 11.9. The number of thiophene rings is 1. The van der Waals surface area contributed by atoms with Gasteiger partial charge in [-0.25, -0.2) is 9.78 Å². The molecule has 0 atom stereocenters. The van der Waals surface area contributed by atoms with Gasteiger partial charge in [-0.3, -0.25) is 0 Å². The van der Waals surface area contributed by atoms with Gasteiger partial charge in [-0.1, -0.05) is 12.1 Å². The zero-order chi connectivity index (χ0) is 17.4. The van der Waals surface area contributed by atoms with E-state index in [1.165, 1.54) is 18.4 Å². The van der Waals surface area contributed by atoms with Gasteiger partial charge in [0.2, 0.25) is 5.28 Å². The van der Waals surface area contributed by atoms with E-state index in [0.717, 1.165) is 27.8 Å². The van der Waals surface area contributed by atoms with Crippen molar-refractivity contribution in [3.63, 3.8) is 0 Å². The van der Waals surface area contributed by atoms with E-state index >= 15 is 0 Å². The number of carbonyl (C=O) groups is 1. The third-order valence-electron chi connectivity index (χ3n) is 3.78. The third-order valence-corrected chi connectivity index (χ3v) is 5.11. The molecular formula is C17H16ClN3O2S. The average Bonchev–Trinajstić information content (AvgIpc) is 2.87. The third kappa shape index (κ3) is 2.95. The molecule has 0 spiro atoms. The molecule has 0 saturated heterocycles. The summed E-state index contributed by atoms with van der Waals surface area (Å²) in [5.41, 5.74) is 3.95. The van der Waals surface area contributed by atoms with Gasteiger partial charge in [-0.2, -0.15) is 4.98 Å². The molecule has 24 heavy (non-hydrogen) atoms. The minimum atomic E-state index is -0.385. The summed E-state index contributed by atoms with van der Waals surface area (Å²) in [5.74, 6) is 0.201. The van der Waals surface area contributed by atoms with Crippen molar-refractivity contribution >= 4 is 50.6 Å². The van der Waals surface area contributed by atoms with E-state index in [4.69, 9.17) is 16.3 Å². The van der Waals surface area contributed by atoms with Crippen molar-refractivity contribution in [1.29, 1.82) is 0 Å². The van der Waals surface area contributed by atoms with Crippen LogP contribution in [-0.2, 0) is 4.74 Å². The smallest absolute Gasteiger partial charge is 0.348 e. The van der Waals surface area contributed by atoms with Gasteiger partial charge in [-0.05, 0) is 55.1 Å². The number of aromatic nitrogens is 2. The minimum absolute atomic E-state index is 0.132. The molecule has 3 aromatic rings. The van der Waals surface area contributed by atoms with Crippen LogP contribution in [0.4, 0.5) is 11.5 Å². The summed E-state index contributed by atoms with van der Waals surface area (Å²) >= 11 is 7.32. The first kappa shape index (κ1) is 16.7. The van der Waals surface area contributed by atoms with Crippen molar-refractivity contribution in [2.75, 3.05) is 12.4 Å². The van der Waals surface area contributed by atoms with Crippen LogP contribution in [0.5, 0.6) is 0 Å². The summed E-state index contributed by atoms with van der Waals surface area (Å²) in [6.07, 6.45) is 0. The van der Waals surface area contributed by atoms with Crippen LogP contribution in [0.2, 0.25) is 5.28 Å². The number of aryl methyl sites for hydroxylation is 3. The zero-order valence-electron chi connectivity index (χ0n) is 13.7. The van der Waals surface area contributed by atoms with Crippen LogP contribution in [0.25, 0.3) is 10.2 Å². The maximum Gasteiger partial charge on any atom is 0.348 e.